The van der Waals surface area contributed by atoms with E-state index in [4.69, 9.17) is 10.5 Å². The minimum atomic E-state index is -0.224. The van der Waals surface area contributed by atoms with Gasteiger partial charge in [-0.3, -0.25) is 10.1 Å². The first-order chi connectivity index (χ1) is 9.22. The molecule has 0 aliphatic carbocycles. The summed E-state index contributed by atoms with van der Waals surface area (Å²) in [5, 5.41) is 11.8. The summed E-state index contributed by atoms with van der Waals surface area (Å²) in [7, 11) is 1.58. The van der Waals surface area contributed by atoms with Crippen LogP contribution in [0.5, 0.6) is 5.75 Å². The molecule has 0 unspecified atom stereocenters. The topological polar surface area (TPSA) is 90.1 Å². The van der Waals surface area contributed by atoms with Crippen molar-refractivity contribution in [2.45, 2.75) is 6.42 Å². The van der Waals surface area contributed by atoms with E-state index in [1.54, 1.807) is 31.4 Å². The third-order valence-corrected chi connectivity index (χ3v) is 3.30. The van der Waals surface area contributed by atoms with Crippen molar-refractivity contribution in [3.63, 3.8) is 0 Å². The van der Waals surface area contributed by atoms with Gasteiger partial charge in [-0.1, -0.05) is 11.3 Å². The zero-order chi connectivity index (χ0) is 13.7. The van der Waals surface area contributed by atoms with Crippen molar-refractivity contribution in [3.05, 3.63) is 34.8 Å². The zero-order valence-corrected chi connectivity index (χ0v) is 11.2. The van der Waals surface area contributed by atoms with Crippen LogP contribution in [0.2, 0.25) is 0 Å². The predicted molar refractivity (Wildman–Crippen MR) is 73.6 cm³/mol. The second kappa shape index (κ2) is 6.26. The van der Waals surface area contributed by atoms with Crippen molar-refractivity contribution in [1.29, 1.82) is 0 Å². The number of hydrogen-bond acceptors (Lipinski definition) is 6. The average molecular weight is 278 g/mol. The molecular formula is C12H14N4O2S. The Hall–Kier alpha value is -1.99. The molecule has 0 aliphatic rings. The third-order valence-electron chi connectivity index (χ3n) is 2.40. The number of benzene rings is 1. The number of hydrogen-bond donors (Lipinski definition) is 2. The van der Waals surface area contributed by atoms with E-state index in [0.717, 1.165) is 5.01 Å². The molecule has 7 heteroatoms. The van der Waals surface area contributed by atoms with Crippen molar-refractivity contribution in [2.75, 3.05) is 19.0 Å². The molecule has 0 radical (unpaired) electrons. The maximum Gasteiger partial charge on any atom is 0.257 e. The molecule has 1 aromatic carbocycles. The van der Waals surface area contributed by atoms with E-state index in [1.807, 2.05) is 0 Å². The number of methoxy groups -OCH3 is 1. The summed E-state index contributed by atoms with van der Waals surface area (Å²) in [6, 6.07) is 6.84. The maximum absolute atomic E-state index is 11.9. The molecule has 0 saturated carbocycles. The van der Waals surface area contributed by atoms with Gasteiger partial charge in [-0.15, -0.1) is 10.2 Å². The lowest BCUT2D eigenvalue weighted by Gasteiger charge is -2.02. The summed E-state index contributed by atoms with van der Waals surface area (Å²) in [5.74, 6) is 0.482. The monoisotopic (exact) mass is 278 g/mol. The van der Waals surface area contributed by atoms with Crippen LogP contribution >= 0.6 is 11.3 Å². The van der Waals surface area contributed by atoms with Crippen LogP contribution in [0.4, 0.5) is 5.13 Å². The van der Waals surface area contributed by atoms with Crippen molar-refractivity contribution in [3.8, 4) is 5.75 Å². The van der Waals surface area contributed by atoms with Crippen LogP contribution in [-0.2, 0) is 6.42 Å². The van der Waals surface area contributed by atoms with Crippen LogP contribution in [0, 0.1) is 0 Å². The summed E-state index contributed by atoms with van der Waals surface area (Å²) in [4.78, 5) is 11.9. The Morgan fingerprint density at radius 2 is 2.11 bits per heavy atom. The zero-order valence-electron chi connectivity index (χ0n) is 10.4. The second-order valence-electron chi connectivity index (χ2n) is 3.72. The van der Waals surface area contributed by atoms with Gasteiger partial charge in [-0.25, -0.2) is 0 Å². The summed E-state index contributed by atoms with van der Waals surface area (Å²) >= 11 is 1.33. The van der Waals surface area contributed by atoms with Crippen molar-refractivity contribution in [1.82, 2.24) is 10.2 Å². The van der Waals surface area contributed by atoms with E-state index in [0.29, 0.717) is 29.4 Å². The van der Waals surface area contributed by atoms with Crippen LogP contribution in [0.1, 0.15) is 15.4 Å². The Kier molecular flexibility index (Phi) is 4.43. The van der Waals surface area contributed by atoms with Gasteiger partial charge in [-0.05, 0) is 30.8 Å². The highest BCUT2D eigenvalue weighted by Gasteiger charge is 2.10. The van der Waals surface area contributed by atoms with Crippen molar-refractivity contribution < 1.29 is 9.53 Å². The molecule has 1 aromatic heterocycles. The number of amides is 1. The third kappa shape index (κ3) is 3.49. The molecule has 0 saturated heterocycles. The molecule has 6 nitrogen and oxygen atoms in total. The molecule has 2 aromatic rings. The molecule has 0 fully saturated rings. The number of carbonyl (C=O) groups is 1. The number of carbonyl (C=O) groups excluding carboxylic acids is 1. The predicted octanol–water partition coefficient (Wildman–Crippen LogP) is 1.30. The van der Waals surface area contributed by atoms with Gasteiger partial charge >= 0.3 is 0 Å². The largest absolute Gasteiger partial charge is 0.497 e. The Balaban J connectivity index is 2.02. The standard InChI is InChI=1S/C12H14N4O2S/c1-18-9-4-2-8(3-5-9)11(17)14-12-16-15-10(19-12)6-7-13/h2-5H,6-7,13H2,1H3,(H,14,16,17). The van der Waals surface area contributed by atoms with E-state index in [-0.39, 0.29) is 5.91 Å². The summed E-state index contributed by atoms with van der Waals surface area (Å²) in [5.41, 5.74) is 5.97. The van der Waals surface area contributed by atoms with Crippen LogP contribution in [0.3, 0.4) is 0 Å². The van der Waals surface area contributed by atoms with Crippen molar-refractivity contribution in [2.24, 2.45) is 5.73 Å². The van der Waals surface area contributed by atoms with E-state index < -0.39 is 0 Å². The molecule has 3 N–H and O–H groups in total. The van der Waals surface area contributed by atoms with Crippen molar-refractivity contribution >= 4 is 22.4 Å². The first kappa shape index (κ1) is 13.4. The smallest absolute Gasteiger partial charge is 0.257 e. The van der Waals surface area contributed by atoms with Crippen LogP contribution in [0.25, 0.3) is 0 Å². The number of rotatable bonds is 5. The molecule has 100 valence electrons. The number of nitrogens with one attached hydrogen (secondary N) is 1. The molecular weight excluding hydrogens is 264 g/mol. The number of nitrogens with zero attached hydrogens (tertiary/aromatic N) is 2. The van der Waals surface area contributed by atoms with E-state index >= 15 is 0 Å². The van der Waals surface area contributed by atoms with E-state index in [1.165, 1.54) is 11.3 Å². The average Bonchev–Trinajstić information content (AvgIpc) is 2.86. The fourth-order valence-electron chi connectivity index (χ4n) is 1.44. The van der Waals surface area contributed by atoms with E-state index in [9.17, 15) is 4.79 Å². The molecule has 0 spiro atoms. The number of aromatic nitrogens is 2. The van der Waals surface area contributed by atoms with Crippen LogP contribution in [0.15, 0.2) is 24.3 Å². The Morgan fingerprint density at radius 3 is 2.74 bits per heavy atom. The molecule has 2 rings (SSSR count). The highest BCUT2D eigenvalue weighted by molar-refractivity contribution is 7.15. The molecule has 0 bridgehead atoms. The minimum Gasteiger partial charge on any atom is -0.497 e. The first-order valence-electron chi connectivity index (χ1n) is 5.71. The van der Waals surface area contributed by atoms with Gasteiger partial charge in [-0.2, -0.15) is 0 Å². The fraction of sp³-hybridized carbons (Fsp3) is 0.250. The highest BCUT2D eigenvalue weighted by Crippen LogP contribution is 2.17. The lowest BCUT2D eigenvalue weighted by Crippen LogP contribution is -2.11. The maximum atomic E-state index is 11.9. The molecule has 1 heterocycles. The van der Waals surface area contributed by atoms with Crippen LogP contribution < -0.4 is 15.8 Å². The normalized spacial score (nSPS) is 10.2. The van der Waals surface area contributed by atoms with Gasteiger partial charge in [0.2, 0.25) is 5.13 Å². The number of ether oxygens (including phenoxy) is 1. The summed E-state index contributed by atoms with van der Waals surface area (Å²) in [6.07, 6.45) is 0.663. The number of anilines is 1. The summed E-state index contributed by atoms with van der Waals surface area (Å²) in [6.45, 7) is 0.515. The SMILES string of the molecule is COc1ccc(C(=O)Nc2nnc(CCN)s2)cc1. The Morgan fingerprint density at radius 1 is 1.37 bits per heavy atom. The fourth-order valence-corrected chi connectivity index (χ4v) is 2.19. The second-order valence-corrected chi connectivity index (χ2v) is 4.78. The van der Waals surface area contributed by atoms with Crippen LogP contribution in [-0.4, -0.2) is 29.8 Å². The van der Waals surface area contributed by atoms with Gasteiger partial charge in [0.15, 0.2) is 0 Å². The molecule has 1 amide bonds. The first-order valence-corrected chi connectivity index (χ1v) is 6.52. The minimum absolute atomic E-state index is 0.224. The quantitative estimate of drug-likeness (QED) is 0.860. The molecule has 19 heavy (non-hydrogen) atoms. The Bertz CT molecular complexity index is 553. The lowest BCUT2D eigenvalue weighted by molar-refractivity contribution is 0.102. The van der Waals surface area contributed by atoms with Gasteiger partial charge in [0.1, 0.15) is 10.8 Å². The van der Waals surface area contributed by atoms with Gasteiger partial charge in [0.25, 0.3) is 5.91 Å². The number of nitrogens with two attached hydrogens (primary N) is 1. The van der Waals surface area contributed by atoms with Gasteiger partial charge < -0.3 is 10.5 Å². The molecule has 0 atom stereocenters. The Labute approximate surface area is 114 Å². The van der Waals surface area contributed by atoms with E-state index in [2.05, 4.69) is 15.5 Å². The lowest BCUT2D eigenvalue weighted by atomic mass is 10.2. The van der Waals surface area contributed by atoms with Gasteiger partial charge in [0, 0.05) is 12.0 Å². The summed E-state index contributed by atoms with van der Waals surface area (Å²) < 4.78 is 5.03. The highest BCUT2D eigenvalue weighted by atomic mass is 32.1. The molecule has 0 aliphatic heterocycles. The van der Waals surface area contributed by atoms with Gasteiger partial charge in [0.05, 0.1) is 7.11 Å².